The molecule has 1 aliphatic rings. The van der Waals surface area contributed by atoms with E-state index in [9.17, 15) is 4.79 Å². The zero-order valence-corrected chi connectivity index (χ0v) is 8.81. The van der Waals surface area contributed by atoms with Crippen LogP contribution in [0.4, 0.5) is 0 Å². The minimum Gasteiger partial charge on any atom is -0.320 e. The average molecular weight is 205 g/mol. The van der Waals surface area contributed by atoms with Gasteiger partial charge in [0, 0.05) is 6.54 Å². The molecule has 4 nitrogen and oxygen atoms in total. The third-order valence-electron chi connectivity index (χ3n) is 2.26. The van der Waals surface area contributed by atoms with Crippen LogP contribution >= 0.6 is 0 Å². The molecule has 2 atom stereocenters. The molecule has 0 saturated heterocycles. The van der Waals surface area contributed by atoms with Crippen molar-refractivity contribution in [1.82, 2.24) is 4.90 Å². The maximum atomic E-state index is 11.8. The van der Waals surface area contributed by atoms with Gasteiger partial charge in [-0.1, -0.05) is 11.6 Å². The van der Waals surface area contributed by atoms with E-state index >= 15 is 0 Å². The fourth-order valence-electron chi connectivity index (χ4n) is 1.54. The summed E-state index contributed by atoms with van der Waals surface area (Å²) in [6, 6.07) is 0.994. The van der Waals surface area contributed by atoms with E-state index < -0.39 is 12.1 Å². The predicted molar refractivity (Wildman–Crippen MR) is 57.7 cm³/mol. The molecule has 80 valence electrons. The molecule has 15 heavy (non-hydrogen) atoms. The van der Waals surface area contributed by atoms with Crippen molar-refractivity contribution in [3.63, 3.8) is 0 Å². The van der Waals surface area contributed by atoms with Gasteiger partial charge in [0.05, 0.1) is 12.1 Å². The summed E-state index contributed by atoms with van der Waals surface area (Å²) >= 11 is 0. The van der Waals surface area contributed by atoms with Gasteiger partial charge in [-0.3, -0.25) is 4.79 Å². The van der Waals surface area contributed by atoms with Crippen LogP contribution in [0.5, 0.6) is 0 Å². The van der Waals surface area contributed by atoms with Crippen molar-refractivity contribution in [2.75, 3.05) is 6.54 Å². The second kappa shape index (κ2) is 4.76. The molecule has 2 N–H and O–H groups in total. The molecular formula is C11H15N3O. The zero-order valence-electron chi connectivity index (χ0n) is 8.81. The minimum absolute atomic E-state index is 0.186. The van der Waals surface area contributed by atoms with Crippen molar-refractivity contribution >= 4 is 5.91 Å². The van der Waals surface area contributed by atoms with E-state index in [0.717, 1.165) is 5.57 Å². The van der Waals surface area contributed by atoms with Crippen LogP contribution in [-0.4, -0.2) is 29.4 Å². The van der Waals surface area contributed by atoms with Crippen molar-refractivity contribution < 1.29 is 4.79 Å². The molecule has 0 saturated carbocycles. The molecule has 0 fully saturated rings. The summed E-state index contributed by atoms with van der Waals surface area (Å²) in [7, 11) is 0. The largest absolute Gasteiger partial charge is 0.320 e. The van der Waals surface area contributed by atoms with Gasteiger partial charge in [0.2, 0.25) is 5.91 Å². The Hall–Kier alpha value is -1.60. The number of nitrogens with zero attached hydrogens (tertiary/aromatic N) is 2. The molecule has 0 bridgehead atoms. The quantitative estimate of drug-likeness (QED) is 0.685. The number of nitriles is 1. The number of carbonyl (C=O) groups excluding carboxylic acids is 1. The SMILES string of the molecule is C=C(C)CC(N)C(=O)N1CC=C[C@H]1C#N. The first kappa shape index (κ1) is 11.5. The molecule has 0 aromatic heterocycles. The van der Waals surface area contributed by atoms with Gasteiger partial charge in [-0.2, -0.15) is 5.26 Å². The second-order valence-electron chi connectivity index (χ2n) is 3.76. The van der Waals surface area contributed by atoms with Gasteiger partial charge in [0.15, 0.2) is 0 Å². The normalized spacial score (nSPS) is 21.1. The van der Waals surface area contributed by atoms with Crippen molar-refractivity contribution in [2.24, 2.45) is 5.73 Å². The van der Waals surface area contributed by atoms with E-state index in [0.29, 0.717) is 13.0 Å². The van der Waals surface area contributed by atoms with E-state index in [1.54, 1.807) is 12.2 Å². The lowest BCUT2D eigenvalue weighted by atomic mass is 10.1. The Morgan fingerprint density at radius 3 is 3.07 bits per heavy atom. The first-order valence-corrected chi connectivity index (χ1v) is 4.83. The number of amides is 1. The zero-order chi connectivity index (χ0) is 11.4. The summed E-state index contributed by atoms with van der Waals surface area (Å²) < 4.78 is 0. The van der Waals surface area contributed by atoms with E-state index in [1.807, 2.05) is 13.0 Å². The molecule has 1 amide bonds. The molecular weight excluding hydrogens is 190 g/mol. The lowest BCUT2D eigenvalue weighted by molar-refractivity contribution is -0.132. The van der Waals surface area contributed by atoms with Gasteiger partial charge < -0.3 is 10.6 Å². The number of carbonyl (C=O) groups is 1. The Bertz CT molecular complexity index is 340. The Kier molecular flexibility index (Phi) is 3.64. The molecule has 1 rings (SSSR count). The van der Waals surface area contributed by atoms with E-state index in [2.05, 4.69) is 6.58 Å². The lowest BCUT2D eigenvalue weighted by Crippen LogP contribution is -2.46. The monoisotopic (exact) mass is 205 g/mol. The van der Waals surface area contributed by atoms with Crippen LogP contribution in [0.15, 0.2) is 24.3 Å². The first-order chi connectivity index (χ1) is 7.06. The lowest BCUT2D eigenvalue weighted by Gasteiger charge is -2.23. The van der Waals surface area contributed by atoms with Crippen LogP contribution in [0.1, 0.15) is 13.3 Å². The standard InChI is InChI=1S/C11H15N3O/c1-8(2)6-10(13)11(15)14-5-3-4-9(14)7-12/h3-4,9-10H,1,5-6,13H2,2H3/t9-,10?/m0/s1. The van der Waals surface area contributed by atoms with Crippen LogP contribution in [0.25, 0.3) is 0 Å². The number of hydrogen-bond donors (Lipinski definition) is 1. The second-order valence-corrected chi connectivity index (χ2v) is 3.76. The molecule has 1 unspecified atom stereocenters. The molecule has 1 heterocycles. The Morgan fingerprint density at radius 2 is 2.53 bits per heavy atom. The fraction of sp³-hybridized carbons (Fsp3) is 0.455. The summed E-state index contributed by atoms with van der Waals surface area (Å²) in [5, 5.41) is 8.80. The number of nitrogens with two attached hydrogens (primary N) is 1. The molecule has 0 aliphatic carbocycles. The maximum Gasteiger partial charge on any atom is 0.241 e. The summed E-state index contributed by atoms with van der Waals surface area (Å²) in [6.07, 6.45) is 3.98. The fourth-order valence-corrected chi connectivity index (χ4v) is 1.54. The highest BCUT2D eigenvalue weighted by molar-refractivity contribution is 5.83. The third kappa shape index (κ3) is 2.67. The van der Waals surface area contributed by atoms with Crippen LogP contribution in [0.3, 0.4) is 0 Å². The predicted octanol–water partition coefficient (Wildman–Crippen LogP) is 0.570. The molecule has 0 spiro atoms. The van der Waals surface area contributed by atoms with Gasteiger partial charge in [-0.05, 0) is 19.4 Å². The summed E-state index contributed by atoms with van der Waals surface area (Å²) in [5.74, 6) is -0.186. The third-order valence-corrected chi connectivity index (χ3v) is 2.26. The van der Waals surface area contributed by atoms with Crippen molar-refractivity contribution in [1.29, 1.82) is 5.26 Å². The summed E-state index contributed by atoms with van der Waals surface area (Å²) in [4.78, 5) is 13.3. The highest BCUT2D eigenvalue weighted by atomic mass is 16.2. The van der Waals surface area contributed by atoms with Crippen molar-refractivity contribution in [3.05, 3.63) is 24.3 Å². The molecule has 0 radical (unpaired) electrons. The first-order valence-electron chi connectivity index (χ1n) is 4.83. The van der Waals surface area contributed by atoms with Gasteiger partial charge >= 0.3 is 0 Å². The Labute approximate surface area is 89.7 Å². The molecule has 0 aromatic rings. The molecule has 1 aliphatic heterocycles. The maximum absolute atomic E-state index is 11.8. The molecule has 4 heteroatoms. The van der Waals surface area contributed by atoms with E-state index in [-0.39, 0.29) is 5.91 Å². The van der Waals surface area contributed by atoms with Crippen molar-refractivity contribution in [2.45, 2.75) is 25.4 Å². The summed E-state index contributed by atoms with van der Waals surface area (Å²) in [6.45, 7) is 6.02. The van der Waals surface area contributed by atoms with Gasteiger partial charge in [0.25, 0.3) is 0 Å². The van der Waals surface area contributed by atoms with Gasteiger partial charge in [0.1, 0.15) is 6.04 Å². The topological polar surface area (TPSA) is 70.1 Å². The van der Waals surface area contributed by atoms with Gasteiger partial charge in [-0.15, -0.1) is 6.58 Å². The highest BCUT2D eigenvalue weighted by Gasteiger charge is 2.28. The minimum atomic E-state index is -0.585. The summed E-state index contributed by atoms with van der Waals surface area (Å²) in [5.41, 5.74) is 6.60. The van der Waals surface area contributed by atoms with E-state index in [1.165, 1.54) is 4.90 Å². The van der Waals surface area contributed by atoms with Crippen LogP contribution in [0, 0.1) is 11.3 Å². The Balaban J connectivity index is 2.61. The van der Waals surface area contributed by atoms with Crippen LogP contribution in [-0.2, 0) is 4.79 Å². The Morgan fingerprint density at radius 1 is 1.87 bits per heavy atom. The van der Waals surface area contributed by atoms with E-state index in [4.69, 9.17) is 11.0 Å². The smallest absolute Gasteiger partial charge is 0.241 e. The average Bonchev–Trinajstić information content (AvgIpc) is 2.62. The number of rotatable bonds is 3. The highest BCUT2D eigenvalue weighted by Crippen LogP contribution is 2.12. The number of hydrogen-bond acceptors (Lipinski definition) is 3. The van der Waals surface area contributed by atoms with Crippen LogP contribution < -0.4 is 5.73 Å². The van der Waals surface area contributed by atoms with Gasteiger partial charge in [-0.25, -0.2) is 0 Å². The molecule has 0 aromatic carbocycles. The van der Waals surface area contributed by atoms with Crippen molar-refractivity contribution in [3.8, 4) is 6.07 Å². The van der Waals surface area contributed by atoms with Crippen LogP contribution in [0.2, 0.25) is 0 Å².